The summed E-state index contributed by atoms with van der Waals surface area (Å²) in [6, 6.07) is 0. The first kappa shape index (κ1) is 36.1. The Kier molecular flexibility index (Phi) is 10.6. The molecule has 1 saturated heterocycles. The van der Waals surface area contributed by atoms with Gasteiger partial charge in [0.05, 0.1) is 14.2 Å². The molecule has 5 heterocycles. The largest absolute Gasteiger partial charge is 2.00 e. The number of ether oxygens (including phenoxy) is 2. The number of carbonyl (C=O) groups excluding carboxylic acids is 3. The number of methoxy groups -OCH3 is 2. The van der Waals surface area contributed by atoms with E-state index in [0.717, 1.165) is 62.9 Å². The van der Waals surface area contributed by atoms with E-state index in [4.69, 9.17) is 29.7 Å². The third-order valence-corrected chi connectivity index (χ3v) is 9.86. The van der Waals surface area contributed by atoms with E-state index in [9.17, 15) is 14.4 Å². The molecule has 0 saturated carbocycles. The summed E-state index contributed by atoms with van der Waals surface area (Å²) in [7, 11) is 2.65. The van der Waals surface area contributed by atoms with Crippen molar-refractivity contribution in [1.82, 2.24) is 15.0 Å². The normalized spacial score (nSPS) is 23.3. The summed E-state index contributed by atoms with van der Waals surface area (Å²) in [5.74, 6) is -2.92. The van der Waals surface area contributed by atoms with Gasteiger partial charge in [-0.2, -0.15) is 11.4 Å². The average Bonchev–Trinajstić information content (AvgIpc) is 3.76. The van der Waals surface area contributed by atoms with Crippen LogP contribution in [0.1, 0.15) is 102 Å². The van der Waals surface area contributed by atoms with Crippen molar-refractivity contribution in [2.24, 2.45) is 17.8 Å². The van der Waals surface area contributed by atoms with Gasteiger partial charge in [-0.15, -0.1) is 33.5 Å². The Morgan fingerprint density at radius 2 is 1.49 bits per heavy atom. The van der Waals surface area contributed by atoms with Gasteiger partial charge in [0.2, 0.25) is 0 Å². The van der Waals surface area contributed by atoms with Gasteiger partial charge in [0.25, 0.3) is 0 Å². The van der Waals surface area contributed by atoms with E-state index in [1.165, 1.54) is 14.2 Å². The minimum Gasteiger partial charge on any atom is -0.664 e. The molecule has 47 heavy (non-hydrogen) atoms. The molecular weight excluding hydrogens is 605 g/mol. The van der Waals surface area contributed by atoms with E-state index < -0.39 is 11.9 Å². The fourth-order valence-electron chi connectivity index (χ4n) is 7.25. The van der Waals surface area contributed by atoms with Crippen molar-refractivity contribution in [3.8, 4) is 0 Å². The van der Waals surface area contributed by atoms with Crippen LogP contribution >= 0.6 is 0 Å². The predicted octanol–water partition coefficient (Wildman–Crippen LogP) is 4.17. The summed E-state index contributed by atoms with van der Waals surface area (Å²) >= 11 is 0. The van der Waals surface area contributed by atoms with Gasteiger partial charge < -0.3 is 29.7 Å². The zero-order valence-electron chi connectivity index (χ0n) is 27.8. The second-order valence-corrected chi connectivity index (χ2v) is 12.1. The molecule has 3 atom stereocenters. The minimum atomic E-state index is -1.19. The molecule has 1 fully saturated rings. The number of aromatic nitrogens is 3. The Morgan fingerprint density at radius 3 is 2.13 bits per heavy atom. The van der Waals surface area contributed by atoms with Crippen molar-refractivity contribution in [3.63, 3.8) is 0 Å². The fraction of sp³-hybridized carbons (Fsp3) is 0.432. The summed E-state index contributed by atoms with van der Waals surface area (Å²) in [4.78, 5) is 54.7. The molecule has 2 aliphatic heterocycles. The third-order valence-electron chi connectivity index (χ3n) is 9.86. The molecule has 8 bridgehead atoms. The van der Waals surface area contributed by atoms with Crippen LogP contribution in [-0.4, -0.2) is 55.0 Å². The van der Waals surface area contributed by atoms with Crippen LogP contribution in [-0.2, 0) is 31.9 Å². The molecule has 0 N–H and O–H groups in total. The SMILES string of the molecule is C.CCc1c2[n-]c(c1C)/C=C1\[N-]/C(=C3\c4[n-]c(c(C)c4C(=O)[C@@H]3C(=O)OC)/C=c3\[n-]/c(c(C)c3CC)=C\2)[C@@H](CCC(=O)OC)[C@@H]1C.[Mg+2]. The number of ketones is 1. The Hall–Kier alpha value is -3.76. The molecule has 244 valence electrons. The second kappa shape index (κ2) is 13.8. The molecule has 0 spiro atoms. The van der Waals surface area contributed by atoms with Crippen molar-refractivity contribution < 1.29 is 23.9 Å². The molecule has 9 nitrogen and oxygen atoms in total. The number of carbonyl (C=O) groups is 3. The van der Waals surface area contributed by atoms with Crippen LogP contribution < -0.4 is 25.7 Å². The van der Waals surface area contributed by atoms with E-state index >= 15 is 0 Å². The van der Waals surface area contributed by atoms with Crippen molar-refractivity contribution in [3.05, 3.63) is 83.6 Å². The number of esters is 2. The van der Waals surface area contributed by atoms with Crippen molar-refractivity contribution in [1.29, 1.82) is 0 Å². The molecule has 3 aromatic heterocycles. The smallest absolute Gasteiger partial charge is 0.664 e. The molecule has 0 unspecified atom stereocenters. The standard InChI is InChI=1S/C36H39N4O5.CH4.Mg/c1-9-20-16(3)23-13-25-18(5)22(11-12-29(41)44-7)33(39-25)31-32(36(43)45-8)35(42)30-19(6)26(40-34(30)31)15-28-21(10-2)17(4)24(38-28)14-27(20)37-23;;/h13-15,18,22,32H,9-12H2,1-8H3,(H-,39,40,42);1H4;/q-3;;+2/p-1/b24-14-,25-13-,28-15-;;/t18-,22-,32+;;/m0../s1. The molecule has 0 aromatic carbocycles. The summed E-state index contributed by atoms with van der Waals surface area (Å²) in [6.07, 6.45) is 8.19. The first-order chi connectivity index (χ1) is 21.5. The third kappa shape index (κ3) is 5.73. The van der Waals surface area contributed by atoms with E-state index in [2.05, 4.69) is 40.7 Å². The van der Waals surface area contributed by atoms with Gasteiger partial charge in [0, 0.05) is 12.0 Å². The van der Waals surface area contributed by atoms with Gasteiger partial charge in [0.1, 0.15) is 5.92 Å². The van der Waals surface area contributed by atoms with Crippen LogP contribution in [0.25, 0.3) is 29.1 Å². The number of nitrogens with zero attached hydrogens (tertiary/aromatic N) is 4. The van der Waals surface area contributed by atoms with Crippen LogP contribution in [0, 0.1) is 38.5 Å². The maximum atomic E-state index is 14.0. The van der Waals surface area contributed by atoms with Gasteiger partial charge >= 0.3 is 35.0 Å². The van der Waals surface area contributed by atoms with Crippen LogP contribution in [0.5, 0.6) is 0 Å². The number of rotatable bonds is 6. The zero-order valence-corrected chi connectivity index (χ0v) is 29.2. The first-order valence-electron chi connectivity index (χ1n) is 15.6. The summed E-state index contributed by atoms with van der Waals surface area (Å²) in [5.41, 5.74) is 10.1. The van der Waals surface area contributed by atoms with E-state index in [0.29, 0.717) is 40.2 Å². The van der Waals surface area contributed by atoms with Gasteiger partial charge in [-0.3, -0.25) is 14.4 Å². The van der Waals surface area contributed by atoms with Crippen molar-refractivity contribution in [2.45, 2.75) is 74.7 Å². The van der Waals surface area contributed by atoms with Crippen LogP contribution in [0.15, 0.2) is 11.4 Å². The summed E-state index contributed by atoms with van der Waals surface area (Å²) in [6.45, 7) is 12.3. The number of hydrogen-bond donors (Lipinski definition) is 0. The van der Waals surface area contributed by atoms with Crippen molar-refractivity contribution in [2.75, 3.05) is 14.2 Å². The number of fused-ring (bicyclic) bond motifs is 7. The fourth-order valence-corrected chi connectivity index (χ4v) is 7.25. The summed E-state index contributed by atoms with van der Waals surface area (Å²) in [5, 5.41) is 6.80. The van der Waals surface area contributed by atoms with E-state index in [1.54, 1.807) is 0 Å². The van der Waals surface area contributed by atoms with E-state index in [-0.39, 0.29) is 60.5 Å². The summed E-state index contributed by atoms with van der Waals surface area (Å²) < 4.78 is 10.1. The van der Waals surface area contributed by atoms with Crippen molar-refractivity contribution >= 4 is 64.6 Å². The van der Waals surface area contributed by atoms with Crippen LogP contribution in [0.4, 0.5) is 0 Å². The van der Waals surface area contributed by atoms with Gasteiger partial charge in [-0.1, -0.05) is 79.8 Å². The number of Topliss-reactive ketones (excluding diaryl/α,β-unsaturated/α-hetero) is 1. The molecule has 0 amide bonds. The molecular formula is C37H42MgN4O5-2. The molecule has 0 radical (unpaired) electrons. The van der Waals surface area contributed by atoms with Crippen LogP contribution in [0.3, 0.4) is 0 Å². The number of allylic oxidation sites excluding steroid dienone is 2. The Morgan fingerprint density at radius 1 is 0.830 bits per heavy atom. The maximum absolute atomic E-state index is 14.0. The van der Waals surface area contributed by atoms with Gasteiger partial charge in [0.15, 0.2) is 5.78 Å². The average molecular weight is 647 g/mol. The predicted molar refractivity (Wildman–Crippen MR) is 183 cm³/mol. The van der Waals surface area contributed by atoms with E-state index in [1.807, 2.05) is 19.1 Å². The molecule has 3 aromatic rings. The monoisotopic (exact) mass is 646 g/mol. The molecule has 3 aliphatic rings. The maximum Gasteiger partial charge on any atom is 2.00 e. The topological polar surface area (TPSA) is 126 Å². The first-order valence-corrected chi connectivity index (χ1v) is 15.6. The Balaban J connectivity index is 0.00000250. The molecule has 1 aliphatic carbocycles. The minimum absolute atomic E-state index is 0. The van der Waals surface area contributed by atoms with Gasteiger partial charge in [-0.05, 0) is 51.9 Å². The Bertz CT molecular complexity index is 1950. The Labute approximate surface area is 292 Å². The molecule has 10 heteroatoms. The molecule has 6 rings (SSSR count). The second-order valence-electron chi connectivity index (χ2n) is 12.1. The van der Waals surface area contributed by atoms with Crippen LogP contribution in [0.2, 0.25) is 0 Å². The quantitative estimate of drug-likeness (QED) is 0.222. The zero-order chi connectivity index (χ0) is 32.3. The van der Waals surface area contributed by atoms with Gasteiger partial charge in [-0.25, -0.2) is 0 Å². The number of hydrogen-bond acceptors (Lipinski definition) is 5.